The summed E-state index contributed by atoms with van der Waals surface area (Å²) < 4.78 is 35.5. The number of likely N-dealkylation sites (N-methyl/N-ethyl adjacent to an activating group) is 1. The molecule has 11 heteroatoms. The maximum Gasteiger partial charge on any atom is 0.326 e. The van der Waals surface area contributed by atoms with Gasteiger partial charge in [0.25, 0.3) is 0 Å². The molecule has 3 aromatic heterocycles. The van der Waals surface area contributed by atoms with Crippen LogP contribution in [0.5, 0.6) is 11.8 Å². The number of aryl methyl sites for hydroxylation is 1. The highest BCUT2D eigenvalue weighted by atomic mass is 19.1. The highest BCUT2D eigenvalue weighted by Crippen LogP contribution is 2.33. The fourth-order valence-electron chi connectivity index (χ4n) is 4.05. The van der Waals surface area contributed by atoms with E-state index in [4.69, 9.17) is 4.74 Å². The SMILES string of the molecule is Cc1cc2c(F)c(Oc3nc(Nc4cc(C(C)C)[nH]n4)cc(N4CCN(C)CC4)n3)cc(F)c2[nH]1. The summed E-state index contributed by atoms with van der Waals surface area (Å²) in [6.07, 6.45) is 0. The molecule has 1 fully saturated rings. The number of H-pyrrole nitrogens is 2. The molecule has 4 heterocycles. The molecule has 1 aliphatic heterocycles. The zero-order chi connectivity index (χ0) is 24.7. The lowest BCUT2D eigenvalue weighted by Crippen LogP contribution is -2.44. The van der Waals surface area contributed by atoms with Gasteiger partial charge < -0.3 is 24.8 Å². The van der Waals surface area contributed by atoms with Crippen molar-refractivity contribution in [3.8, 4) is 11.8 Å². The first-order chi connectivity index (χ1) is 16.8. The van der Waals surface area contributed by atoms with Crippen molar-refractivity contribution in [1.82, 2.24) is 30.0 Å². The van der Waals surface area contributed by atoms with Crippen molar-refractivity contribution < 1.29 is 13.5 Å². The van der Waals surface area contributed by atoms with Crippen LogP contribution in [0.25, 0.3) is 10.9 Å². The fraction of sp³-hybridized carbons (Fsp3) is 0.375. The Morgan fingerprint density at radius 2 is 1.80 bits per heavy atom. The van der Waals surface area contributed by atoms with Gasteiger partial charge >= 0.3 is 6.01 Å². The summed E-state index contributed by atoms with van der Waals surface area (Å²) >= 11 is 0. The van der Waals surface area contributed by atoms with Crippen molar-refractivity contribution in [2.45, 2.75) is 26.7 Å². The van der Waals surface area contributed by atoms with Crippen molar-refractivity contribution in [3.05, 3.63) is 47.3 Å². The molecule has 1 aromatic carbocycles. The highest BCUT2D eigenvalue weighted by Gasteiger charge is 2.21. The smallest absolute Gasteiger partial charge is 0.326 e. The number of nitrogens with zero attached hydrogens (tertiary/aromatic N) is 5. The van der Waals surface area contributed by atoms with E-state index in [0.717, 1.165) is 37.9 Å². The number of ether oxygens (including phenoxy) is 1. The number of hydrogen-bond donors (Lipinski definition) is 3. The lowest BCUT2D eigenvalue weighted by Gasteiger charge is -2.33. The average Bonchev–Trinajstić information content (AvgIpc) is 3.45. The van der Waals surface area contributed by atoms with Gasteiger partial charge in [0.15, 0.2) is 23.2 Å². The molecule has 0 bridgehead atoms. The molecule has 5 rings (SSSR count). The van der Waals surface area contributed by atoms with Crippen molar-refractivity contribution in [2.24, 2.45) is 0 Å². The number of rotatable bonds is 6. The Kier molecular flexibility index (Phi) is 6.01. The number of aromatic amines is 2. The lowest BCUT2D eigenvalue weighted by molar-refractivity contribution is 0.311. The Bertz CT molecular complexity index is 1360. The van der Waals surface area contributed by atoms with Crippen molar-refractivity contribution in [3.63, 3.8) is 0 Å². The van der Waals surface area contributed by atoms with E-state index in [1.807, 2.05) is 6.07 Å². The largest absolute Gasteiger partial charge is 0.421 e. The first-order valence-electron chi connectivity index (χ1n) is 11.6. The van der Waals surface area contributed by atoms with Crippen LogP contribution in [-0.4, -0.2) is 63.3 Å². The van der Waals surface area contributed by atoms with Gasteiger partial charge in [0, 0.05) is 61.2 Å². The predicted octanol–water partition coefficient (Wildman–Crippen LogP) is 4.68. The highest BCUT2D eigenvalue weighted by molar-refractivity contribution is 5.83. The van der Waals surface area contributed by atoms with E-state index in [0.29, 0.717) is 23.1 Å². The maximum absolute atomic E-state index is 15.2. The fourth-order valence-corrected chi connectivity index (χ4v) is 4.05. The molecule has 1 aliphatic rings. The minimum absolute atomic E-state index is 0.0894. The molecule has 184 valence electrons. The first-order valence-corrected chi connectivity index (χ1v) is 11.6. The van der Waals surface area contributed by atoms with Crippen LogP contribution in [0.15, 0.2) is 24.3 Å². The molecule has 9 nitrogen and oxygen atoms in total. The standard InChI is InChI=1S/C24H28F2N8O/c1-13(2)17-11-20(32-31-17)28-19-12-21(34-7-5-33(4)6-8-34)30-24(29-19)35-18-10-16(25)23-15(22(18)26)9-14(3)27-23/h9-13,27H,5-8H2,1-4H3,(H2,28,29,30,31,32). The molecule has 1 saturated heterocycles. The Labute approximate surface area is 201 Å². The Hall–Kier alpha value is -3.73. The normalized spacial score (nSPS) is 14.8. The van der Waals surface area contributed by atoms with E-state index in [-0.39, 0.29) is 28.6 Å². The second kappa shape index (κ2) is 9.14. The van der Waals surface area contributed by atoms with Crippen molar-refractivity contribution >= 4 is 28.4 Å². The van der Waals surface area contributed by atoms with Gasteiger partial charge in [-0.2, -0.15) is 15.1 Å². The van der Waals surface area contributed by atoms with Crippen molar-refractivity contribution in [1.29, 1.82) is 0 Å². The summed E-state index contributed by atoms with van der Waals surface area (Å²) in [6.45, 7) is 9.16. The molecule has 0 radical (unpaired) electrons. The molecule has 35 heavy (non-hydrogen) atoms. The first kappa shape index (κ1) is 23.0. The maximum atomic E-state index is 15.2. The van der Waals surface area contributed by atoms with Crippen LogP contribution in [0.4, 0.5) is 26.2 Å². The summed E-state index contributed by atoms with van der Waals surface area (Å²) in [5.74, 6) is 0.364. The van der Waals surface area contributed by atoms with Gasteiger partial charge in [0.2, 0.25) is 0 Å². The van der Waals surface area contributed by atoms with Gasteiger partial charge in [0.05, 0.1) is 5.52 Å². The van der Waals surface area contributed by atoms with E-state index >= 15 is 4.39 Å². The van der Waals surface area contributed by atoms with Crippen LogP contribution in [0, 0.1) is 18.6 Å². The Balaban J connectivity index is 1.50. The second-order valence-corrected chi connectivity index (χ2v) is 9.19. The van der Waals surface area contributed by atoms with Gasteiger partial charge in [-0.25, -0.2) is 8.78 Å². The van der Waals surface area contributed by atoms with E-state index in [2.05, 4.69) is 61.2 Å². The molecule has 0 unspecified atom stereocenters. The van der Waals surface area contributed by atoms with E-state index in [1.165, 1.54) is 0 Å². The van der Waals surface area contributed by atoms with Crippen LogP contribution in [-0.2, 0) is 0 Å². The van der Waals surface area contributed by atoms with Crippen LogP contribution < -0.4 is 15.0 Å². The second-order valence-electron chi connectivity index (χ2n) is 9.19. The Morgan fingerprint density at radius 3 is 2.51 bits per heavy atom. The van der Waals surface area contributed by atoms with Crippen LogP contribution in [0.3, 0.4) is 0 Å². The number of anilines is 3. The zero-order valence-electron chi connectivity index (χ0n) is 20.1. The Morgan fingerprint density at radius 1 is 1.03 bits per heavy atom. The third-order valence-corrected chi connectivity index (χ3v) is 6.10. The third kappa shape index (κ3) is 4.76. The van der Waals surface area contributed by atoms with E-state index < -0.39 is 11.6 Å². The summed E-state index contributed by atoms with van der Waals surface area (Å²) in [7, 11) is 2.07. The minimum atomic E-state index is -0.678. The molecular weight excluding hydrogens is 454 g/mol. The monoisotopic (exact) mass is 482 g/mol. The van der Waals surface area contributed by atoms with Crippen LogP contribution >= 0.6 is 0 Å². The number of hydrogen-bond acceptors (Lipinski definition) is 7. The molecule has 3 N–H and O–H groups in total. The average molecular weight is 483 g/mol. The molecule has 4 aromatic rings. The number of aromatic nitrogens is 5. The lowest BCUT2D eigenvalue weighted by atomic mass is 10.1. The predicted molar refractivity (Wildman–Crippen MR) is 131 cm³/mol. The van der Waals surface area contributed by atoms with E-state index in [1.54, 1.807) is 19.1 Å². The van der Waals surface area contributed by atoms with E-state index in [9.17, 15) is 4.39 Å². The molecule has 0 atom stereocenters. The number of nitrogens with one attached hydrogen (secondary N) is 3. The van der Waals surface area contributed by atoms with Gasteiger partial charge in [-0.05, 0) is 26.0 Å². The molecule has 0 amide bonds. The van der Waals surface area contributed by atoms with Gasteiger partial charge in [-0.3, -0.25) is 5.10 Å². The molecule has 0 saturated carbocycles. The topological polar surface area (TPSA) is 98.0 Å². The van der Waals surface area contributed by atoms with Crippen LogP contribution in [0.1, 0.15) is 31.2 Å². The summed E-state index contributed by atoms with van der Waals surface area (Å²) in [4.78, 5) is 16.1. The quantitative estimate of drug-likeness (QED) is 0.367. The third-order valence-electron chi connectivity index (χ3n) is 6.10. The minimum Gasteiger partial charge on any atom is -0.421 e. The number of benzene rings is 1. The summed E-state index contributed by atoms with van der Waals surface area (Å²) in [6, 6.07) is 6.17. The number of fused-ring (bicyclic) bond motifs is 1. The van der Waals surface area contributed by atoms with Gasteiger partial charge in [0.1, 0.15) is 11.6 Å². The van der Waals surface area contributed by atoms with Crippen LogP contribution in [0.2, 0.25) is 0 Å². The number of piperazine rings is 1. The zero-order valence-corrected chi connectivity index (χ0v) is 20.1. The molecule has 0 aliphatic carbocycles. The summed E-state index contributed by atoms with van der Waals surface area (Å²) in [5, 5.41) is 10.6. The van der Waals surface area contributed by atoms with Gasteiger partial charge in [-0.15, -0.1) is 0 Å². The number of halogens is 2. The molecular formula is C24H28F2N8O. The van der Waals surface area contributed by atoms with Gasteiger partial charge in [-0.1, -0.05) is 13.8 Å². The van der Waals surface area contributed by atoms with Crippen molar-refractivity contribution in [2.75, 3.05) is 43.4 Å². The summed E-state index contributed by atoms with van der Waals surface area (Å²) in [5.41, 5.74) is 1.72. The molecule has 0 spiro atoms.